The van der Waals surface area contributed by atoms with Crippen molar-refractivity contribution in [1.29, 1.82) is 0 Å². The number of aliphatic hydroxyl groups is 1. The summed E-state index contributed by atoms with van der Waals surface area (Å²) >= 11 is 0. The van der Waals surface area contributed by atoms with E-state index in [9.17, 15) is 5.11 Å². The van der Waals surface area contributed by atoms with Crippen LogP contribution in [0.3, 0.4) is 0 Å². The van der Waals surface area contributed by atoms with Crippen LogP contribution in [0.15, 0.2) is 0 Å². The minimum atomic E-state index is -0.250. The molecule has 4 rings (SSSR count). The smallest absolute Gasteiger partial charge is 0.290 e. The highest BCUT2D eigenvalue weighted by Crippen LogP contribution is 2.36. The maximum atomic E-state index is 9.44. The van der Waals surface area contributed by atoms with Gasteiger partial charge in [-0.1, -0.05) is 0 Å². The van der Waals surface area contributed by atoms with E-state index < -0.39 is 0 Å². The molecule has 132 valence electrons. The lowest BCUT2D eigenvalue weighted by molar-refractivity contribution is -0.122. The van der Waals surface area contributed by atoms with Crippen LogP contribution in [0, 0.1) is 12.8 Å². The van der Waals surface area contributed by atoms with Crippen LogP contribution in [0.5, 0.6) is 0 Å². The molecular formula is C17H25N3O4. The quantitative estimate of drug-likeness (QED) is 0.777. The molecule has 0 spiro atoms. The number of ether oxygens (including phenoxy) is 1. The molecule has 0 aromatic carbocycles. The van der Waals surface area contributed by atoms with Gasteiger partial charge in [-0.2, -0.15) is 0 Å². The Bertz CT molecular complexity index is 595. The Kier molecular flexibility index (Phi) is 5.30. The van der Waals surface area contributed by atoms with Gasteiger partial charge in [0.25, 0.3) is 6.47 Å². The van der Waals surface area contributed by atoms with Gasteiger partial charge in [-0.05, 0) is 50.5 Å². The molecule has 1 aliphatic heterocycles. The van der Waals surface area contributed by atoms with Crippen LogP contribution in [-0.4, -0.2) is 58.6 Å². The molecule has 24 heavy (non-hydrogen) atoms. The van der Waals surface area contributed by atoms with E-state index in [4.69, 9.17) is 24.6 Å². The van der Waals surface area contributed by atoms with E-state index in [2.05, 4.69) is 11.8 Å². The summed E-state index contributed by atoms with van der Waals surface area (Å²) in [6, 6.07) is 0.328. The van der Waals surface area contributed by atoms with Gasteiger partial charge in [0.05, 0.1) is 18.8 Å². The van der Waals surface area contributed by atoms with Gasteiger partial charge in [-0.15, -0.1) is 0 Å². The SMILES string of the molecule is Cc1nc(N2CCOC3C[C@H](CO)C[C@@H]32)nc2c1CCC2.O=CO. The van der Waals surface area contributed by atoms with Crippen molar-refractivity contribution >= 4 is 12.4 Å². The topological polar surface area (TPSA) is 95.8 Å². The van der Waals surface area contributed by atoms with Gasteiger partial charge >= 0.3 is 0 Å². The molecule has 2 fully saturated rings. The number of nitrogens with zero attached hydrogens (tertiary/aromatic N) is 3. The molecule has 0 bridgehead atoms. The van der Waals surface area contributed by atoms with Gasteiger partial charge < -0.3 is 19.8 Å². The minimum absolute atomic E-state index is 0.230. The Labute approximate surface area is 141 Å². The van der Waals surface area contributed by atoms with Crippen molar-refractivity contribution in [1.82, 2.24) is 9.97 Å². The maximum absolute atomic E-state index is 9.44. The van der Waals surface area contributed by atoms with E-state index in [0.717, 1.165) is 50.5 Å². The molecule has 1 aromatic rings. The van der Waals surface area contributed by atoms with Crippen molar-refractivity contribution in [3.8, 4) is 0 Å². The number of rotatable bonds is 2. The predicted molar refractivity (Wildman–Crippen MR) is 88.2 cm³/mol. The number of fused-ring (bicyclic) bond motifs is 2. The summed E-state index contributed by atoms with van der Waals surface area (Å²) in [5.74, 6) is 1.24. The van der Waals surface area contributed by atoms with Gasteiger partial charge in [0.1, 0.15) is 0 Å². The molecule has 2 N–H and O–H groups in total. The van der Waals surface area contributed by atoms with Gasteiger partial charge in [-0.3, -0.25) is 4.79 Å². The van der Waals surface area contributed by atoms with Crippen LogP contribution in [0.2, 0.25) is 0 Å². The first-order valence-electron chi connectivity index (χ1n) is 8.61. The summed E-state index contributed by atoms with van der Waals surface area (Å²) in [6.07, 6.45) is 5.60. The third kappa shape index (κ3) is 3.23. The number of aromatic nitrogens is 2. The van der Waals surface area contributed by atoms with Crippen LogP contribution in [0.4, 0.5) is 5.95 Å². The summed E-state index contributed by atoms with van der Waals surface area (Å²) in [7, 11) is 0. The Hall–Kier alpha value is -1.73. The molecule has 0 radical (unpaired) electrons. The average molecular weight is 335 g/mol. The predicted octanol–water partition coefficient (Wildman–Crippen LogP) is 0.951. The molecular weight excluding hydrogens is 310 g/mol. The van der Waals surface area contributed by atoms with E-state index in [0.29, 0.717) is 12.0 Å². The number of aliphatic hydroxyl groups excluding tert-OH is 1. The average Bonchev–Trinajstić information content (AvgIpc) is 3.21. The van der Waals surface area contributed by atoms with Crippen LogP contribution in [0.1, 0.15) is 36.2 Å². The summed E-state index contributed by atoms with van der Waals surface area (Å²) in [5, 5.41) is 16.3. The number of carboxylic acid groups (broad SMARTS) is 1. The fourth-order valence-corrected chi connectivity index (χ4v) is 4.18. The summed E-state index contributed by atoms with van der Waals surface area (Å²) in [4.78, 5) is 20.3. The number of anilines is 1. The minimum Gasteiger partial charge on any atom is -0.483 e. The molecule has 1 saturated heterocycles. The van der Waals surface area contributed by atoms with Crippen molar-refractivity contribution in [2.45, 2.75) is 51.2 Å². The normalized spacial score (nSPS) is 27.9. The third-order valence-corrected chi connectivity index (χ3v) is 5.28. The molecule has 1 saturated carbocycles. The van der Waals surface area contributed by atoms with Gasteiger partial charge in [-0.25, -0.2) is 9.97 Å². The van der Waals surface area contributed by atoms with E-state index in [1.807, 2.05) is 0 Å². The monoisotopic (exact) mass is 335 g/mol. The second-order valence-electron chi connectivity index (χ2n) is 6.68. The molecule has 1 unspecified atom stereocenters. The van der Waals surface area contributed by atoms with Crippen LogP contribution < -0.4 is 4.90 Å². The second-order valence-corrected chi connectivity index (χ2v) is 6.68. The lowest BCUT2D eigenvalue weighted by Crippen LogP contribution is -2.49. The Morgan fingerprint density at radius 2 is 2.12 bits per heavy atom. The van der Waals surface area contributed by atoms with Crippen molar-refractivity contribution < 1.29 is 19.7 Å². The zero-order valence-electron chi connectivity index (χ0n) is 14.0. The highest BCUT2D eigenvalue weighted by molar-refractivity contribution is 5.41. The lowest BCUT2D eigenvalue weighted by atomic mass is 10.1. The first-order chi connectivity index (χ1) is 11.7. The van der Waals surface area contributed by atoms with Crippen molar-refractivity contribution in [3.63, 3.8) is 0 Å². The standard InChI is InChI=1S/C16H23N3O2.CH2O2/c1-10-12-3-2-4-13(12)18-16(17-10)19-5-6-21-15-8-11(9-20)7-14(15)19;2-1-3/h11,14-15,20H,2-9H2,1H3;1H,(H,2,3)/t11-,14+,15?;/m1./s1. The molecule has 2 aliphatic carbocycles. The van der Waals surface area contributed by atoms with Crippen LogP contribution in [0.25, 0.3) is 0 Å². The highest BCUT2D eigenvalue weighted by Gasteiger charge is 2.42. The van der Waals surface area contributed by atoms with Crippen LogP contribution >= 0.6 is 0 Å². The Morgan fingerprint density at radius 3 is 2.88 bits per heavy atom. The second kappa shape index (κ2) is 7.44. The largest absolute Gasteiger partial charge is 0.483 e. The summed E-state index contributed by atoms with van der Waals surface area (Å²) in [5.41, 5.74) is 3.76. The molecule has 7 nitrogen and oxygen atoms in total. The third-order valence-electron chi connectivity index (χ3n) is 5.28. The summed E-state index contributed by atoms with van der Waals surface area (Å²) < 4.78 is 5.90. The molecule has 2 heterocycles. The molecule has 7 heteroatoms. The van der Waals surface area contributed by atoms with Crippen molar-refractivity contribution in [3.05, 3.63) is 17.0 Å². The molecule has 3 atom stereocenters. The molecule has 1 aromatic heterocycles. The number of carbonyl (C=O) groups is 1. The highest BCUT2D eigenvalue weighted by atomic mass is 16.5. The van der Waals surface area contributed by atoms with Gasteiger partial charge in [0.15, 0.2) is 0 Å². The maximum Gasteiger partial charge on any atom is 0.290 e. The van der Waals surface area contributed by atoms with Crippen molar-refractivity contribution in [2.75, 3.05) is 24.7 Å². The van der Waals surface area contributed by atoms with E-state index in [1.165, 1.54) is 17.7 Å². The number of aryl methyl sites for hydroxylation is 2. The van der Waals surface area contributed by atoms with E-state index >= 15 is 0 Å². The summed E-state index contributed by atoms with van der Waals surface area (Å²) in [6.45, 7) is 3.71. The fourth-order valence-electron chi connectivity index (χ4n) is 4.18. The zero-order valence-corrected chi connectivity index (χ0v) is 14.0. The molecule has 0 amide bonds. The number of hydrogen-bond acceptors (Lipinski definition) is 6. The Morgan fingerprint density at radius 1 is 1.33 bits per heavy atom. The number of morpholine rings is 1. The fraction of sp³-hybridized carbons (Fsp3) is 0.706. The van der Waals surface area contributed by atoms with E-state index in [1.54, 1.807) is 0 Å². The van der Waals surface area contributed by atoms with Gasteiger partial charge in [0.2, 0.25) is 5.95 Å². The molecule has 3 aliphatic rings. The Balaban J connectivity index is 0.000000526. The van der Waals surface area contributed by atoms with Crippen molar-refractivity contribution in [2.24, 2.45) is 5.92 Å². The van der Waals surface area contributed by atoms with E-state index in [-0.39, 0.29) is 19.2 Å². The first kappa shape index (κ1) is 17.1. The van der Waals surface area contributed by atoms with Gasteiger partial charge in [0, 0.05) is 24.5 Å². The lowest BCUT2D eigenvalue weighted by Gasteiger charge is -2.37. The number of hydrogen-bond donors (Lipinski definition) is 2. The first-order valence-corrected chi connectivity index (χ1v) is 8.61. The zero-order chi connectivity index (χ0) is 17.1. The van der Waals surface area contributed by atoms with Crippen LogP contribution in [-0.2, 0) is 22.4 Å².